The Kier molecular flexibility index (Phi) is 4.94. The van der Waals surface area contributed by atoms with E-state index in [9.17, 15) is 5.11 Å². The standard InChI is InChI=1S/C12H25NOS/c1-5-11-8-13(6-7-15-11)9-12(4,14)10(2)3/h10-11,14H,5-9H2,1-4H3. The van der Waals surface area contributed by atoms with E-state index in [2.05, 4.69) is 37.4 Å². The summed E-state index contributed by atoms with van der Waals surface area (Å²) in [6.07, 6.45) is 1.24. The summed E-state index contributed by atoms with van der Waals surface area (Å²) in [4.78, 5) is 2.42. The molecule has 2 unspecified atom stereocenters. The van der Waals surface area contributed by atoms with E-state index in [-0.39, 0.29) is 0 Å². The van der Waals surface area contributed by atoms with Crippen molar-refractivity contribution in [1.29, 1.82) is 0 Å². The predicted molar refractivity (Wildman–Crippen MR) is 68.4 cm³/mol. The monoisotopic (exact) mass is 231 g/mol. The summed E-state index contributed by atoms with van der Waals surface area (Å²) >= 11 is 2.08. The predicted octanol–water partition coefficient (Wildman–Crippen LogP) is 2.22. The molecule has 0 aliphatic carbocycles. The van der Waals surface area contributed by atoms with Gasteiger partial charge in [-0.05, 0) is 19.3 Å². The Morgan fingerprint density at radius 3 is 2.73 bits per heavy atom. The van der Waals surface area contributed by atoms with Gasteiger partial charge in [-0.2, -0.15) is 11.8 Å². The molecule has 90 valence electrons. The molecular weight excluding hydrogens is 206 g/mol. The molecular formula is C12H25NOS. The summed E-state index contributed by atoms with van der Waals surface area (Å²) in [5.41, 5.74) is -0.541. The Labute approximate surface area is 98.4 Å². The summed E-state index contributed by atoms with van der Waals surface area (Å²) in [5.74, 6) is 1.54. The number of nitrogens with zero attached hydrogens (tertiary/aromatic N) is 1. The average Bonchev–Trinajstić information content (AvgIpc) is 2.17. The molecule has 2 atom stereocenters. The topological polar surface area (TPSA) is 23.5 Å². The van der Waals surface area contributed by atoms with Gasteiger partial charge < -0.3 is 5.11 Å². The van der Waals surface area contributed by atoms with Crippen molar-refractivity contribution >= 4 is 11.8 Å². The number of thioether (sulfide) groups is 1. The minimum absolute atomic E-state index is 0.326. The highest BCUT2D eigenvalue weighted by molar-refractivity contribution is 8.00. The van der Waals surface area contributed by atoms with E-state index in [1.807, 2.05) is 6.92 Å². The maximum Gasteiger partial charge on any atom is 0.0768 e. The first-order valence-corrected chi connectivity index (χ1v) is 7.07. The van der Waals surface area contributed by atoms with Crippen molar-refractivity contribution in [3.63, 3.8) is 0 Å². The largest absolute Gasteiger partial charge is 0.389 e. The van der Waals surface area contributed by atoms with E-state index in [1.165, 1.54) is 12.2 Å². The molecule has 0 saturated carbocycles. The summed E-state index contributed by atoms with van der Waals surface area (Å²) in [7, 11) is 0. The van der Waals surface area contributed by atoms with Crippen molar-refractivity contribution in [3.05, 3.63) is 0 Å². The summed E-state index contributed by atoms with van der Waals surface area (Å²) < 4.78 is 0. The Balaban J connectivity index is 2.44. The smallest absolute Gasteiger partial charge is 0.0768 e. The zero-order chi connectivity index (χ0) is 11.5. The van der Waals surface area contributed by atoms with Crippen LogP contribution in [-0.4, -0.2) is 46.2 Å². The zero-order valence-corrected chi connectivity index (χ0v) is 11.3. The SMILES string of the molecule is CCC1CN(CC(C)(O)C(C)C)CCS1. The van der Waals surface area contributed by atoms with Crippen LogP contribution in [0.15, 0.2) is 0 Å². The van der Waals surface area contributed by atoms with Gasteiger partial charge in [0.2, 0.25) is 0 Å². The normalized spacial score (nSPS) is 28.0. The first-order chi connectivity index (χ1) is 6.95. The van der Waals surface area contributed by atoms with Gasteiger partial charge >= 0.3 is 0 Å². The maximum atomic E-state index is 10.3. The molecule has 0 radical (unpaired) electrons. The maximum absolute atomic E-state index is 10.3. The van der Waals surface area contributed by atoms with Crippen LogP contribution in [-0.2, 0) is 0 Å². The Morgan fingerprint density at radius 1 is 1.53 bits per heavy atom. The summed E-state index contributed by atoms with van der Waals surface area (Å²) in [5, 5.41) is 11.0. The second kappa shape index (κ2) is 5.55. The molecule has 1 aliphatic rings. The summed E-state index contributed by atoms with van der Waals surface area (Å²) in [6.45, 7) is 11.5. The third kappa shape index (κ3) is 3.97. The molecule has 1 fully saturated rings. The van der Waals surface area contributed by atoms with Crippen LogP contribution >= 0.6 is 11.8 Å². The molecule has 1 rings (SSSR count). The lowest BCUT2D eigenvalue weighted by Gasteiger charge is -2.38. The zero-order valence-electron chi connectivity index (χ0n) is 10.5. The van der Waals surface area contributed by atoms with Crippen LogP contribution in [0, 0.1) is 5.92 Å². The number of β-amino-alcohol motifs (C(OH)–C–C–N with tert-alkyl or cyclic N) is 1. The van der Waals surface area contributed by atoms with Gasteiger partial charge in [0.25, 0.3) is 0 Å². The van der Waals surface area contributed by atoms with Gasteiger partial charge in [-0.3, -0.25) is 4.90 Å². The fraction of sp³-hybridized carbons (Fsp3) is 1.00. The lowest BCUT2D eigenvalue weighted by molar-refractivity contribution is -0.0180. The molecule has 0 aromatic heterocycles. The highest BCUT2D eigenvalue weighted by atomic mass is 32.2. The fourth-order valence-corrected chi connectivity index (χ4v) is 3.06. The summed E-state index contributed by atoms with van der Waals surface area (Å²) in [6, 6.07) is 0. The van der Waals surface area contributed by atoms with Gasteiger partial charge in [-0.25, -0.2) is 0 Å². The minimum Gasteiger partial charge on any atom is -0.389 e. The Bertz CT molecular complexity index is 194. The third-order valence-corrected chi connectivity index (χ3v) is 4.84. The van der Waals surface area contributed by atoms with Crippen LogP contribution in [0.1, 0.15) is 34.1 Å². The highest BCUT2D eigenvalue weighted by Crippen LogP contribution is 2.24. The number of hydrogen-bond acceptors (Lipinski definition) is 3. The van der Waals surface area contributed by atoms with Gasteiger partial charge in [0.05, 0.1) is 5.60 Å². The van der Waals surface area contributed by atoms with E-state index in [0.29, 0.717) is 5.92 Å². The third-order valence-electron chi connectivity index (χ3n) is 3.47. The molecule has 0 aromatic rings. The molecule has 1 N–H and O–H groups in total. The number of aliphatic hydroxyl groups is 1. The van der Waals surface area contributed by atoms with Crippen molar-refractivity contribution < 1.29 is 5.11 Å². The molecule has 15 heavy (non-hydrogen) atoms. The molecule has 0 spiro atoms. The second-order valence-corrected chi connectivity index (χ2v) is 6.56. The van der Waals surface area contributed by atoms with Crippen LogP contribution in [0.5, 0.6) is 0 Å². The first kappa shape index (κ1) is 13.3. The second-order valence-electron chi connectivity index (χ2n) is 5.15. The number of rotatable bonds is 4. The van der Waals surface area contributed by atoms with Crippen LogP contribution < -0.4 is 0 Å². The van der Waals surface area contributed by atoms with Gasteiger partial charge in [0, 0.05) is 30.6 Å². The van der Waals surface area contributed by atoms with Crippen molar-refractivity contribution in [2.24, 2.45) is 5.92 Å². The first-order valence-electron chi connectivity index (χ1n) is 6.02. The van der Waals surface area contributed by atoms with Crippen molar-refractivity contribution in [2.75, 3.05) is 25.4 Å². The Hall–Kier alpha value is 0.270. The molecule has 1 saturated heterocycles. The highest BCUT2D eigenvalue weighted by Gasteiger charge is 2.29. The average molecular weight is 231 g/mol. The molecule has 1 heterocycles. The Morgan fingerprint density at radius 2 is 2.20 bits per heavy atom. The van der Waals surface area contributed by atoms with Crippen LogP contribution in [0.3, 0.4) is 0 Å². The molecule has 2 nitrogen and oxygen atoms in total. The van der Waals surface area contributed by atoms with Gasteiger partial charge in [0.15, 0.2) is 0 Å². The molecule has 0 amide bonds. The van der Waals surface area contributed by atoms with E-state index >= 15 is 0 Å². The fourth-order valence-electron chi connectivity index (χ4n) is 1.81. The van der Waals surface area contributed by atoms with Crippen LogP contribution in [0.2, 0.25) is 0 Å². The molecule has 0 bridgehead atoms. The van der Waals surface area contributed by atoms with Gasteiger partial charge in [0.1, 0.15) is 0 Å². The minimum atomic E-state index is -0.541. The van der Waals surface area contributed by atoms with E-state index in [1.54, 1.807) is 0 Å². The lowest BCUT2D eigenvalue weighted by atomic mass is 9.92. The van der Waals surface area contributed by atoms with Crippen molar-refractivity contribution in [2.45, 2.75) is 45.0 Å². The lowest BCUT2D eigenvalue weighted by Crippen LogP contribution is -2.48. The van der Waals surface area contributed by atoms with Crippen LogP contribution in [0.25, 0.3) is 0 Å². The van der Waals surface area contributed by atoms with Crippen molar-refractivity contribution in [3.8, 4) is 0 Å². The van der Waals surface area contributed by atoms with E-state index in [4.69, 9.17) is 0 Å². The number of hydrogen-bond donors (Lipinski definition) is 1. The van der Waals surface area contributed by atoms with Crippen molar-refractivity contribution in [1.82, 2.24) is 4.90 Å². The van der Waals surface area contributed by atoms with Gasteiger partial charge in [-0.1, -0.05) is 20.8 Å². The van der Waals surface area contributed by atoms with E-state index in [0.717, 1.165) is 24.9 Å². The van der Waals surface area contributed by atoms with Crippen LogP contribution in [0.4, 0.5) is 0 Å². The van der Waals surface area contributed by atoms with E-state index < -0.39 is 5.60 Å². The quantitative estimate of drug-likeness (QED) is 0.802. The molecule has 0 aromatic carbocycles. The van der Waals surface area contributed by atoms with Gasteiger partial charge in [-0.15, -0.1) is 0 Å². The molecule has 3 heteroatoms. The molecule has 1 aliphatic heterocycles.